The van der Waals surface area contributed by atoms with Gasteiger partial charge in [0.1, 0.15) is 5.69 Å². The lowest BCUT2D eigenvalue weighted by Crippen LogP contribution is -2.24. The second kappa shape index (κ2) is 5.51. The van der Waals surface area contributed by atoms with Gasteiger partial charge in [-0.25, -0.2) is 4.98 Å². The average molecular weight is 260 g/mol. The van der Waals surface area contributed by atoms with Gasteiger partial charge in [0, 0.05) is 24.0 Å². The van der Waals surface area contributed by atoms with Gasteiger partial charge < -0.3 is 10.1 Å². The Hall–Kier alpha value is -2.37. The highest BCUT2D eigenvalue weighted by Crippen LogP contribution is 2.20. The van der Waals surface area contributed by atoms with E-state index in [0.29, 0.717) is 18.1 Å². The zero-order valence-electron chi connectivity index (χ0n) is 11.2. The second-order valence-electron chi connectivity index (χ2n) is 4.22. The molecule has 0 bridgehead atoms. The molecule has 0 spiro atoms. The van der Waals surface area contributed by atoms with Gasteiger partial charge in [-0.1, -0.05) is 0 Å². The first-order valence-electron chi connectivity index (χ1n) is 5.90. The number of nitrogens with one attached hydrogen (secondary N) is 2. The van der Waals surface area contributed by atoms with Crippen LogP contribution >= 0.6 is 0 Å². The summed E-state index contributed by atoms with van der Waals surface area (Å²) >= 11 is 0. The highest BCUT2D eigenvalue weighted by atomic mass is 16.5. The summed E-state index contributed by atoms with van der Waals surface area (Å²) < 4.78 is 5.25. The number of ether oxygens (including phenoxy) is 1. The number of hydrogen-bond donors (Lipinski definition) is 2. The minimum atomic E-state index is -0.209. The Kier molecular flexibility index (Phi) is 3.79. The minimum absolute atomic E-state index is 0.209. The zero-order valence-corrected chi connectivity index (χ0v) is 11.2. The molecule has 0 unspecified atom stereocenters. The normalized spacial score (nSPS) is 10.3. The average Bonchev–Trinajstić information content (AvgIpc) is 2.90. The summed E-state index contributed by atoms with van der Waals surface area (Å²) in [5, 5.41) is 9.16. The molecular formula is C13H16N4O2. The zero-order chi connectivity index (χ0) is 13.8. The van der Waals surface area contributed by atoms with Gasteiger partial charge >= 0.3 is 0 Å². The predicted octanol–water partition coefficient (Wildman–Crippen LogP) is 1.36. The second-order valence-corrected chi connectivity index (χ2v) is 4.22. The van der Waals surface area contributed by atoms with Crippen molar-refractivity contribution in [3.63, 3.8) is 0 Å². The van der Waals surface area contributed by atoms with Crippen molar-refractivity contribution in [2.45, 2.75) is 20.4 Å². The number of H-pyrrole nitrogens is 1. The summed E-state index contributed by atoms with van der Waals surface area (Å²) in [6, 6.07) is 3.58. The highest BCUT2D eigenvalue weighted by molar-refractivity contribution is 5.92. The van der Waals surface area contributed by atoms with Crippen LogP contribution in [0.5, 0.6) is 5.88 Å². The number of methoxy groups -OCH3 is 1. The monoisotopic (exact) mass is 260 g/mol. The van der Waals surface area contributed by atoms with Crippen LogP contribution in [0, 0.1) is 13.8 Å². The Morgan fingerprint density at radius 3 is 2.89 bits per heavy atom. The van der Waals surface area contributed by atoms with Crippen molar-refractivity contribution in [2.24, 2.45) is 0 Å². The van der Waals surface area contributed by atoms with E-state index < -0.39 is 0 Å². The molecule has 1 amide bonds. The van der Waals surface area contributed by atoms with Gasteiger partial charge in [-0.05, 0) is 31.5 Å². The number of aryl methyl sites for hydroxylation is 2. The van der Waals surface area contributed by atoms with Gasteiger partial charge in [-0.2, -0.15) is 5.10 Å². The Morgan fingerprint density at radius 2 is 2.26 bits per heavy atom. The number of pyridine rings is 1. The molecule has 0 aromatic carbocycles. The van der Waals surface area contributed by atoms with E-state index in [1.807, 2.05) is 19.9 Å². The Labute approximate surface area is 111 Å². The van der Waals surface area contributed by atoms with Crippen LogP contribution in [0.2, 0.25) is 0 Å². The number of aromatic amines is 1. The maximum Gasteiger partial charge on any atom is 0.269 e. The number of hydrogen-bond acceptors (Lipinski definition) is 4. The van der Waals surface area contributed by atoms with Gasteiger partial charge in [-0.15, -0.1) is 0 Å². The third kappa shape index (κ3) is 2.90. The molecule has 0 aliphatic rings. The van der Waals surface area contributed by atoms with E-state index in [1.165, 1.54) is 6.20 Å². The van der Waals surface area contributed by atoms with Gasteiger partial charge in [0.25, 0.3) is 5.91 Å². The van der Waals surface area contributed by atoms with Crippen molar-refractivity contribution in [3.8, 4) is 5.88 Å². The summed E-state index contributed by atoms with van der Waals surface area (Å²) in [4.78, 5) is 16.1. The van der Waals surface area contributed by atoms with E-state index in [0.717, 1.165) is 16.8 Å². The van der Waals surface area contributed by atoms with Crippen LogP contribution in [0.4, 0.5) is 0 Å². The Bertz CT molecular complexity index is 579. The number of amides is 1. The van der Waals surface area contributed by atoms with Gasteiger partial charge in [0.2, 0.25) is 5.88 Å². The first kappa shape index (κ1) is 13.1. The fourth-order valence-electron chi connectivity index (χ4n) is 1.86. The van der Waals surface area contributed by atoms with Crippen molar-refractivity contribution in [1.82, 2.24) is 20.5 Å². The minimum Gasteiger partial charge on any atom is -0.481 e. The van der Waals surface area contributed by atoms with E-state index in [1.54, 1.807) is 13.2 Å². The number of rotatable bonds is 4. The molecule has 0 saturated heterocycles. The number of carbonyl (C=O) groups excluding carboxylic acids is 1. The molecular weight excluding hydrogens is 244 g/mol. The smallest absolute Gasteiger partial charge is 0.269 e. The Morgan fingerprint density at radius 1 is 1.47 bits per heavy atom. The summed E-state index contributed by atoms with van der Waals surface area (Å²) in [6.45, 7) is 4.23. The van der Waals surface area contributed by atoms with Crippen LogP contribution in [-0.4, -0.2) is 28.2 Å². The van der Waals surface area contributed by atoms with Crippen LogP contribution in [0.25, 0.3) is 0 Å². The Balaban J connectivity index is 2.13. The van der Waals surface area contributed by atoms with Gasteiger partial charge in [-0.3, -0.25) is 9.89 Å². The molecule has 19 heavy (non-hydrogen) atoms. The number of nitrogens with zero attached hydrogens (tertiary/aromatic N) is 2. The van der Waals surface area contributed by atoms with Crippen molar-refractivity contribution in [3.05, 3.63) is 40.8 Å². The van der Waals surface area contributed by atoms with Crippen LogP contribution in [0.15, 0.2) is 18.3 Å². The van der Waals surface area contributed by atoms with Crippen LogP contribution in [0.1, 0.15) is 27.3 Å². The van der Waals surface area contributed by atoms with Crippen LogP contribution in [-0.2, 0) is 6.54 Å². The fourth-order valence-corrected chi connectivity index (χ4v) is 1.86. The largest absolute Gasteiger partial charge is 0.481 e. The maximum absolute atomic E-state index is 11.8. The summed E-state index contributed by atoms with van der Waals surface area (Å²) in [6.07, 6.45) is 1.54. The van der Waals surface area contributed by atoms with E-state index in [-0.39, 0.29) is 5.91 Å². The lowest BCUT2D eigenvalue weighted by atomic mass is 10.1. The van der Waals surface area contributed by atoms with Crippen LogP contribution < -0.4 is 10.1 Å². The molecule has 2 N–H and O–H groups in total. The van der Waals surface area contributed by atoms with Crippen LogP contribution in [0.3, 0.4) is 0 Å². The third-order valence-corrected chi connectivity index (χ3v) is 2.80. The van der Waals surface area contributed by atoms with E-state index >= 15 is 0 Å². The standard InChI is InChI=1S/C13H16N4O2/c1-8-6-9(2)16-13(19-3)10(8)7-14-12(18)11-4-5-15-17-11/h4-6H,7H2,1-3H3,(H,14,18)(H,15,17). The molecule has 0 aliphatic heterocycles. The lowest BCUT2D eigenvalue weighted by molar-refractivity contribution is 0.0945. The molecule has 6 nitrogen and oxygen atoms in total. The maximum atomic E-state index is 11.8. The molecule has 100 valence electrons. The lowest BCUT2D eigenvalue weighted by Gasteiger charge is -2.12. The number of aromatic nitrogens is 3. The highest BCUT2D eigenvalue weighted by Gasteiger charge is 2.12. The van der Waals surface area contributed by atoms with Gasteiger partial charge in [0.15, 0.2) is 0 Å². The van der Waals surface area contributed by atoms with Crippen molar-refractivity contribution >= 4 is 5.91 Å². The molecule has 2 heterocycles. The quantitative estimate of drug-likeness (QED) is 0.869. The SMILES string of the molecule is COc1nc(C)cc(C)c1CNC(=O)c1ccn[nH]1. The molecule has 2 aromatic heterocycles. The van der Waals surface area contributed by atoms with Crippen molar-refractivity contribution in [2.75, 3.05) is 7.11 Å². The van der Waals surface area contributed by atoms with Gasteiger partial charge in [0.05, 0.1) is 7.11 Å². The van der Waals surface area contributed by atoms with E-state index in [2.05, 4.69) is 20.5 Å². The first-order chi connectivity index (χ1) is 9.11. The van der Waals surface area contributed by atoms with Crippen molar-refractivity contribution < 1.29 is 9.53 Å². The summed E-state index contributed by atoms with van der Waals surface area (Å²) in [5.41, 5.74) is 3.23. The molecule has 6 heteroatoms. The first-order valence-corrected chi connectivity index (χ1v) is 5.90. The van der Waals surface area contributed by atoms with E-state index in [4.69, 9.17) is 4.74 Å². The summed E-state index contributed by atoms with van der Waals surface area (Å²) in [7, 11) is 1.57. The molecule has 2 rings (SSSR count). The molecule has 0 saturated carbocycles. The molecule has 0 fully saturated rings. The molecule has 2 aromatic rings. The molecule has 0 radical (unpaired) electrons. The molecule has 0 aliphatic carbocycles. The number of carbonyl (C=O) groups is 1. The third-order valence-electron chi connectivity index (χ3n) is 2.80. The summed E-state index contributed by atoms with van der Waals surface area (Å²) in [5.74, 6) is 0.335. The topological polar surface area (TPSA) is 79.9 Å². The van der Waals surface area contributed by atoms with E-state index in [9.17, 15) is 4.79 Å². The molecule has 0 atom stereocenters. The fraction of sp³-hybridized carbons (Fsp3) is 0.308. The predicted molar refractivity (Wildman–Crippen MR) is 70.0 cm³/mol. The van der Waals surface area contributed by atoms with Crippen molar-refractivity contribution in [1.29, 1.82) is 0 Å².